The summed E-state index contributed by atoms with van der Waals surface area (Å²) < 4.78 is 68.5. The van der Waals surface area contributed by atoms with Crippen molar-refractivity contribution in [3.63, 3.8) is 0 Å². The second kappa shape index (κ2) is 8.64. The molecule has 0 bridgehead atoms. The van der Waals surface area contributed by atoms with Gasteiger partial charge in [0.05, 0.1) is 25.7 Å². The number of hydrogen-bond donors (Lipinski definition) is 2. The zero-order chi connectivity index (χ0) is 23.7. The number of aromatic nitrogens is 2. The van der Waals surface area contributed by atoms with E-state index < -0.39 is 29.5 Å². The number of amides is 1. The summed E-state index contributed by atoms with van der Waals surface area (Å²) in [6.07, 6.45) is -4.23. The highest BCUT2D eigenvalue weighted by atomic mass is 19.4. The molecule has 1 amide bonds. The summed E-state index contributed by atoms with van der Waals surface area (Å²) in [5.41, 5.74) is -0.719. The average Bonchev–Trinajstić information content (AvgIpc) is 3.25. The highest BCUT2D eigenvalue weighted by Gasteiger charge is 2.57. The van der Waals surface area contributed by atoms with Gasteiger partial charge in [0.1, 0.15) is 12.1 Å². The van der Waals surface area contributed by atoms with Crippen molar-refractivity contribution in [2.75, 3.05) is 38.3 Å². The summed E-state index contributed by atoms with van der Waals surface area (Å²) in [6.45, 7) is 1.83. The number of nitrogens with one attached hydrogen (secondary N) is 1. The molecule has 32 heavy (non-hydrogen) atoms. The first-order chi connectivity index (χ1) is 14.9. The van der Waals surface area contributed by atoms with Crippen molar-refractivity contribution in [3.8, 4) is 5.88 Å². The molecule has 3 aliphatic rings. The summed E-state index contributed by atoms with van der Waals surface area (Å²) in [4.78, 5) is 32.0. The number of rotatable bonds is 4. The lowest BCUT2D eigenvalue weighted by atomic mass is 9.79. The molecule has 0 radical (unpaired) electrons. The molecule has 14 heteroatoms. The fourth-order valence-corrected chi connectivity index (χ4v) is 3.94. The van der Waals surface area contributed by atoms with Crippen LogP contribution in [0.5, 0.6) is 5.88 Å². The summed E-state index contributed by atoms with van der Waals surface area (Å²) in [5, 5.41) is 9.91. The van der Waals surface area contributed by atoms with Crippen LogP contribution in [0.1, 0.15) is 12.8 Å². The predicted molar refractivity (Wildman–Crippen MR) is 97.3 cm³/mol. The molecule has 0 spiro atoms. The van der Waals surface area contributed by atoms with Gasteiger partial charge in [-0.1, -0.05) is 0 Å². The summed E-state index contributed by atoms with van der Waals surface area (Å²) in [5.74, 6) is -4.46. The first-order valence-corrected chi connectivity index (χ1v) is 9.54. The largest absolute Gasteiger partial charge is 0.490 e. The molecule has 0 aromatic carbocycles. The number of carboxylic acids is 1. The van der Waals surface area contributed by atoms with Crippen molar-refractivity contribution >= 4 is 17.7 Å². The quantitative estimate of drug-likeness (QED) is 0.639. The van der Waals surface area contributed by atoms with Gasteiger partial charge in [0.15, 0.2) is 0 Å². The topological polar surface area (TPSA) is 114 Å². The van der Waals surface area contributed by atoms with E-state index in [0.717, 1.165) is 0 Å². The van der Waals surface area contributed by atoms with E-state index in [9.17, 15) is 26.7 Å². The van der Waals surface area contributed by atoms with Crippen LogP contribution in [-0.2, 0) is 14.3 Å². The van der Waals surface area contributed by atoms with Crippen molar-refractivity contribution in [1.82, 2.24) is 15.3 Å². The lowest BCUT2D eigenvalue weighted by Crippen LogP contribution is -2.56. The van der Waals surface area contributed by atoms with Gasteiger partial charge in [-0.3, -0.25) is 4.79 Å². The van der Waals surface area contributed by atoms with Crippen molar-refractivity contribution in [2.24, 2.45) is 11.3 Å². The SMILES string of the molecule is COc1cc(N2C[C@@H]3COC[C@]3(C(=O)NC3CC(F)(F)C3)C2)ncn1.O=C(O)C(F)(F)F. The summed E-state index contributed by atoms with van der Waals surface area (Å²) >= 11 is 0. The number of anilines is 1. The molecule has 1 aliphatic carbocycles. The molecule has 3 fully saturated rings. The van der Waals surface area contributed by atoms with Gasteiger partial charge in [0.25, 0.3) is 5.92 Å². The van der Waals surface area contributed by atoms with Crippen molar-refractivity contribution in [2.45, 2.75) is 31.0 Å². The van der Waals surface area contributed by atoms with Crippen LogP contribution >= 0.6 is 0 Å². The molecule has 1 aromatic rings. The molecule has 9 nitrogen and oxygen atoms in total. The maximum absolute atomic E-state index is 13.0. The van der Waals surface area contributed by atoms with Crippen LogP contribution in [0.3, 0.4) is 0 Å². The Balaban J connectivity index is 0.000000360. The fraction of sp³-hybridized carbons (Fsp3) is 0.667. The number of carboxylic acid groups (broad SMARTS) is 1. The third-order valence-corrected chi connectivity index (χ3v) is 5.65. The number of nitrogens with zero attached hydrogens (tertiary/aromatic N) is 3. The number of carbonyl (C=O) groups excluding carboxylic acids is 1. The van der Waals surface area contributed by atoms with Crippen LogP contribution < -0.4 is 15.0 Å². The van der Waals surface area contributed by atoms with E-state index >= 15 is 0 Å². The number of fused-ring (bicyclic) bond motifs is 1. The van der Waals surface area contributed by atoms with E-state index in [1.54, 1.807) is 6.07 Å². The first kappa shape index (κ1) is 23.9. The molecule has 2 aliphatic heterocycles. The van der Waals surface area contributed by atoms with E-state index in [4.69, 9.17) is 19.4 Å². The molecule has 2 saturated heterocycles. The van der Waals surface area contributed by atoms with Crippen molar-refractivity contribution in [3.05, 3.63) is 12.4 Å². The van der Waals surface area contributed by atoms with Gasteiger partial charge < -0.3 is 24.8 Å². The van der Waals surface area contributed by atoms with Crippen molar-refractivity contribution in [1.29, 1.82) is 0 Å². The van der Waals surface area contributed by atoms with Crippen LogP contribution in [0.25, 0.3) is 0 Å². The van der Waals surface area contributed by atoms with Gasteiger partial charge in [-0.2, -0.15) is 13.2 Å². The number of halogens is 5. The van der Waals surface area contributed by atoms with Gasteiger partial charge in [-0.25, -0.2) is 23.5 Å². The Morgan fingerprint density at radius 3 is 2.53 bits per heavy atom. The Kier molecular flexibility index (Phi) is 6.45. The van der Waals surface area contributed by atoms with Crippen molar-refractivity contribution < 1.29 is 46.1 Å². The summed E-state index contributed by atoms with van der Waals surface area (Å²) in [6, 6.07) is 1.27. The zero-order valence-electron chi connectivity index (χ0n) is 16.9. The second-order valence-corrected chi connectivity index (χ2v) is 7.90. The maximum atomic E-state index is 13.0. The van der Waals surface area contributed by atoms with E-state index in [-0.39, 0.29) is 24.7 Å². The van der Waals surface area contributed by atoms with E-state index in [1.165, 1.54) is 13.4 Å². The zero-order valence-corrected chi connectivity index (χ0v) is 16.9. The van der Waals surface area contributed by atoms with Crippen LogP contribution in [0.15, 0.2) is 12.4 Å². The average molecular weight is 468 g/mol. The molecular weight excluding hydrogens is 447 g/mol. The van der Waals surface area contributed by atoms with Gasteiger partial charge in [0.2, 0.25) is 11.8 Å². The van der Waals surface area contributed by atoms with Gasteiger partial charge in [-0.05, 0) is 0 Å². The summed E-state index contributed by atoms with van der Waals surface area (Å²) in [7, 11) is 1.53. The Bertz CT molecular complexity index is 862. The number of methoxy groups -OCH3 is 1. The second-order valence-electron chi connectivity index (χ2n) is 7.90. The Morgan fingerprint density at radius 2 is 1.97 bits per heavy atom. The third kappa shape index (κ3) is 5.00. The lowest BCUT2D eigenvalue weighted by molar-refractivity contribution is -0.192. The highest BCUT2D eigenvalue weighted by molar-refractivity contribution is 5.85. The Labute approximate surface area is 178 Å². The van der Waals surface area contributed by atoms with Crippen LogP contribution in [0.4, 0.5) is 27.8 Å². The van der Waals surface area contributed by atoms with E-state index in [2.05, 4.69) is 15.3 Å². The van der Waals surface area contributed by atoms with Gasteiger partial charge >= 0.3 is 12.1 Å². The predicted octanol–water partition coefficient (Wildman–Crippen LogP) is 1.49. The van der Waals surface area contributed by atoms with E-state index in [0.29, 0.717) is 38.0 Å². The lowest BCUT2D eigenvalue weighted by Gasteiger charge is -2.37. The van der Waals surface area contributed by atoms with E-state index in [1.807, 2.05) is 4.90 Å². The standard InChI is InChI=1S/C16H20F2N4O3.C2HF3O2/c1-24-13-2-12(19-9-20-13)22-5-10-6-25-8-15(10,7-22)14(23)21-11-3-16(17,18)4-11;3-2(4,5)1(6)7/h2,9-11H,3-8H2,1H3,(H,21,23);(H,6,7)/t10-,15-;/m1./s1. The Hall–Kier alpha value is -2.77. The van der Waals surface area contributed by atoms with Crippen LogP contribution in [-0.4, -0.2) is 78.5 Å². The molecule has 1 aromatic heterocycles. The normalized spacial score (nSPS) is 26.4. The van der Waals surface area contributed by atoms with Gasteiger partial charge in [0, 0.05) is 44.0 Å². The number of aliphatic carboxylic acids is 1. The minimum Gasteiger partial charge on any atom is -0.481 e. The van der Waals surface area contributed by atoms with Crippen LogP contribution in [0.2, 0.25) is 0 Å². The molecule has 2 N–H and O–H groups in total. The number of hydrogen-bond acceptors (Lipinski definition) is 7. The molecule has 1 saturated carbocycles. The fourth-order valence-electron chi connectivity index (χ4n) is 3.94. The molecule has 3 heterocycles. The minimum absolute atomic E-state index is 0.00838. The number of alkyl halides is 5. The van der Waals surface area contributed by atoms with Gasteiger partial charge in [-0.15, -0.1) is 0 Å². The monoisotopic (exact) mass is 468 g/mol. The first-order valence-electron chi connectivity index (χ1n) is 9.54. The molecule has 178 valence electrons. The molecule has 2 atom stereocenters. The number of carbonyl (C=O) groups is 2. The molecule has 4 rings (SSSR count). The third-order valence-electron chi connectivity index (χ3n) is 5.65. The minimum atomic E-state index is -5.08. The van der Waals surface area contributed by atoms with Crippen LogP contribution in [0, 0.1) is 11.3 Å². The smallest absolute Gasteiger partial charge is 0.481 e. The molecular formula is C18H21F5N4O5. The Morgan fingerprint density at radius 1 is 1.31 bits per heavy atom. The maximum Gasteiger partial charge on any atom is 0.490 e. The number of ether oxygens (including phenoxy) is 2. The highest BCUT2D eigenvalue weighted by Crippen LogP contribution is 2.44. The molecule has 0 unspecified atom stereocenters.